The van der Waals surface area contributed by atoms with Crippen LogP contribution < -0.4 is 10.9 Å². The average Bonchev–Trinajstić information content (AvgIpc) is 3.05. The number of halogens is 1. The van der Waals surface area contributed by atoms with Gasteiger partial charge in [-0.15, -0.1) is 0 Å². The first-order valence-corrected chi connectivity index (χ1v) is 10.2. The Labute approximate surface area is 175 Å². The van der Waals surface area contributed by atoms with Crippen LogP contribution in [0.5, 0.6) is 0 Å². The first kappa shape index (κ1) is 19.4. The normalized spacial score (nSPS) is 12.4. The number of hydrogen-bond donors (Lipinski definition) is 1. The number of fused-ring (bicyclic) bond motifs is 2. The zero-order valence-electron chi connectivity index (χ0n) is 16.1. The highest BCUT2D eigenvalue weighted by atomic mass is 79.9. The van der Waals surface area contributed by atoms with Gasteiger partial charge in [-0.2, -0.15) is 0 Å². The zero-order chi connectivity index (χ0) is 20.5. The highest BCUT2D eigenvalue weighted by Gasteiger charge is 2.18. The Hall–Kier alpha value is -2.93. The van der Waals surface area contributed by atoms with E-state index in [1.165, 1.54) is 10.9 Å². The molecule has 0 aliphatic carbocycles. The van der Waals surface area contributed by atoms with Crippen LogP contribution in [0.15, 0.2) is 62.5 Å². The summed E-state index contributed by atoms with van der Waals surface area (Å²) in [5, 5.41) is 4.52. The quantitative estimate of drug-likeness (QED) is 0.483. The van der Waals surface area contributed by atoms with Gasteiger partial charge >= 0.3 is 0 Å². The lowest BCUT2D eigenvalue weighted by Crippen LogP contribution is -2.29. The SMILES string of the molecule is Cc1c(C(C)NC(=O)CCn2cnc3ccc(Br)cc3c2=O)oc2ccccc12. The van der Waals surface area contributed by atoms with Gasteiger partial charge in [-0.05, 0) is 38.1 Å². The minimum Gasteiger partial charge on any atom is -0.459 e. The largest absolute Gasteiger partial charge is 0.459 e. The van der Waals surface area contributed by atoms with Gasteiger partial charge in [0, 0.05) is 28.4 Å². The van der Waals surface area contributed by atoms with E-state index in [4.69, 9.17) is 4.42 Å². The van der Waals surface area contributed by atoms with Gasteiger partial charge in [0.15, 0.2) is 0 Å². The van der Waals surface area contributed by atoms with Gasteiger partial charge < -0.3 is 9.73 Å². The predicted octanol–water partition coefficient (Wildman–Crippen LogP) is 4.48. The maximum atomic E-state index is 12.6. The summed E-state index contributed by atoms with van der Waals surface area (Å²) >= 11 is 3.37. The molecule has 0 fully saturated rings. The molecular weight excluding hydrogens is 434 g/mol. The van der Waals surface area contributed by atoms with Gasteiger partial charge in [0.25, 0.3) is 5.56 Å². The molecule has 7 heteroatoms. The summed E-state index contributed by atoms with van der Waals surface area (Å²) in [5.74, 6) is 0.590. The van der Waals surface area contributed by atoms with E-state index in [1.807, 2.05) is 44.2 Å². The molecule has 4 rings (SSSR count). The fourth-order valence-electron chi connectivity index (χ4n) is 3.50. The summed E-state index contributed by atoms with van der Waals surface area (Å²) in [6.45, 7) is 4.14. The molecule has 1 atom stereocenters. The van der Waals surface area contributed by atoms with Crippen molar-refractivity contribution in [1.29, 1.82) is 0 Å². The number of nitrogens with one attached hydrogen (secondary N) is 1. The molecule has 1 amide bonds. The number of aryl methyl sites for hydroxylation is 2. The molecule has 0 saturated carbocycles. The Balaban J connectivity index is 1.46. The standard InChI is InChI=1S/C22H20BrN3O3/c1-13-16-5-3-4-6-19(16)29-21(13)14(2)25-20(27)9-10-26-12-24-18-8-7-15(23)11-17(18)22(26)28/h3-8,11-12,14H,9-10H2,1-2H3,(H,25,27). The monoisotopic (exact) mass is 453 g/mol. The molecule has 2 heterocycles. The third kappa shape index (κ3) is 3.82. The Bertz CT molecular complexity index is 1280. The van der Waals surface area contributed by atoms with Crippen LogP contribution in [0.4, 0.5) is 0 Å². The lowest BCUT2D eigenvalue weighted by atomic mass is 10.1. The van der Waals surface area contributed by atoms with Crippen LogP contribution in [0.1, 0.15) is 30.7 Å². The van der Waals surface area contributed by atoms with Crippen LogP contribution >= 0.6 is 15.9 Å². The van der Waals surface area contributed by atoms with Crippen molar-refractivity contribution in [1.82, 2.24) is 14.9 Å². The van der Waals surface area contributed by atoms with Crippen LogP contribution in [0.25, 0.3) is 21.9 Å². The highest BCUT2D eigenvalue weighted by Crippen LogP contribution is 2.29. The second-order valence-corrected chi connectivity index (χ2v) is 7.95. The van der Waals surface area contributed by atoms with E-state index in [9.17, 15) is 9.59 Å². The molecule has 1 N–H and O–H groups in total. The number of benzene rings is 2. The van der Waals surface area contributed by atoms with Gasteiger partial charge in [-0.1, -0.05) is 34.1 Å². The molecule has 0 radical (unpaired) electrons. The van der Waals surface area contributed by atoms with Crippen molar-refractivity contribution in [2.24, 2.45) is 0 Å². The number of rotatable bonds is 5. The predicted molar refractivity (Wildman–Crippen MR) is 116 cm³/mol. The number of carbonyl (C=O) groups is 1. The second-order valence-electron chi connectivity index (χ2n) is 7.03. The van der Waals surface area contributed by atoms with Crippen molar-refractivity contribution >= 4 is 43.7 Å². The Morgan fingerprint density at radius 1 is 1.24 bits per heavy atom. The van der Waals surface area contributed by atoms with Crippen molar-refractivity contribution in [2.75, 3.05) is 0 Å². The van der Waals surface area contributed by atoms with Crippen molar-refractivity contribution in [3.05, 3.63) is 74.9 Å². The molecule has 0 saturated heterocycles. The molecule has 0 spiro atoms. The summed E-state index contributed by atoms with van der Waals surface area (Å²) in [6.07, 6.45) is 1.66. The summed E-state index contributed by atoms with van der Waals surface area (Å²) in [5.41, 5.74) is 2.30. The number of furan rings is 1. The molecule has 148 valence electrons. The van der Waals surface area contributed by atoms with Crippen molar-refractivity contribution in [3.8, 4) is 0 Å². The third-order valence-electron chi connectivity index (χ3n) is 5.02. The second kappa shape index (κ2) is 7.83. The zero-order valence-corrected chi connectivity index (χ0v) is 17.7. The molecular formula is C22H20BrN3O3. The van der Waals surface area contributed by atoms with Crippen LogP contribution in [0, 0.1) is 6.92 Å². The van der Waals surface area contributed by atoms with E-state index in [1.54, 1.807) is 12.1 Å². The van der Waals surface area contributed by atoms with E-state index in [0.717, 1.165) is 26.8 Å². The number of nitrogens with zero attached hydrogens (tertiary/aromatic N) is 2. The number of carbonyl (C=O) groups excluding carboxylic acids is 1. The Morgan fingerprint density at radius 2 is 2.03 bits per heavy atom. The van der Waals surface area contributed by atoms with Gasteiger partial charge in [-0.3, -0.25) is 14.2 Å². The lowest BCUT2D eigenvalue weighted by molar-refractivity contribution is -0.122. The maximum Gasteiger partial charge on any atom is 0.261 e. The fourth-order valence-corrected chi connectivity index (χ4v) is 3.86. The topological polar surface area (TPSA) is 77.1 Å². The van der Waals surface area contributed by atoms with Gasteiger partial charge in [0.1, 0.15) is 11.3 Å². The average molecular weight is 454 g/mol. The van der Waals surface area contributed by atoms with E-state index < -0.39 is 0 Å². The fraction of sp³-hybridized carbons (Fsp3) is 0.227. The minimum absolute atomic E-state index is 0.154. The molecule has 0 aliphatic heterocycles. The van der Waals surface area contributed by atoms with Crippen molar-refractivity contribution < 1.29 is 9.21 Å². The number of amides is 1. The van der Waals surface area contributed by atoms with Crippen LogP contribution in [0.2, 0.25) is 0 Å². The van der Waals surface area contributed by atoms with E-state index in [2.05, 4.69) is 26.2 Å². The third-order valence-corrected chi connectivity index (χ3v) is 5.51. The van der Waals surface area contributed by atoms with Gasteiger partial charge in [0.2, 0.25) is 5.91 Å². The molecule has 0 aliphatic rings. The summed E-state index contributed by atoms with van der Waals surface area (Å²) in [4.78, 5) is 29.4. The van der Waals surface area contributed by atoms with Gasteiger partial charge in [-0.25, -0.2) is 4.98 Å². The van der Waals surface area contributed by atoms with Crippen LogP contribution in [0.3, 0.4) is 0 Å². The smallest absolute Gasteiger partial charge is 0.261 e. The van der Waals surface area contributed by atoms with Crippen molar-refractivity contribution in [3.63, 3.8) is 0 Å². The minimum atomic E-state index is -0.266. The molecule has 6 nitrogen and oxygen atoms in total. The van der Waals surface area contributed by atoms with Gasteiger partial charge in [0.05, 0.1) is 23.3 Å². The summed E-state index contributed by atoms with van der Waals surface area (Å²) in [6, 6.07) is 12.9. The molecule has 4 aromatic rings. The van der Waals surface area contributed by atoms with E-state index in [-0.39, 0.29) is 30.5 Å². The highest BCUT2D eigenvalue weighted by molar-refractivity contribution is 9.10. The molecule has 1 unspecified atom stereocenters. The summed E-state index contributed by atoms with van der Waals surface area (Å²) in [7, 11) is 0. The van der Waals surface area contributed by atoms with E-state index in [0.29, 0.717) is 10.9 Å². The number of para-hydroxylation sites is 1. The maximum absolute atomic E-state index is 12.6. The summed E-state index contributed by atoms with van der Waals surface area (Å²) < 4.78 is 8.20. The molecule has 2 aromatic heterocycles. The molecule has 29 heavy (non-hydrogen) atoms. The Kier molecular flexibility index (Phi) is 5.24. The first-order chi connectivity index (χ1) is 13.9. The number of aromatic nitrogens is 2. The molecule has 0 bridgehead atoms. The number of hydrogen-bond acceptors (Lipinski definition) is 4. The van der Waals surface area contributed by atoms with E-state index >= 15 is 0 Å². The van der Waals surface area contributed by atoms with Crippen LogP contribution in [-0.2, 0) is 11.3 Å². The Morgan fingerprint density at radius 3 is 2.83 bits per heavy atom. The molecule has 2 aromatic carbocycles. The van der Waals surface area contributed by atoms with Crippen molar-refractivity contribution in [2.45, 2.75) is 32.9 Å². The lowest BCUT2D eigenvalue weighted by Gasteiger charge is -2.13. The van der Waals surface area contributed by atoms with Crippen LogP contribution in [-0.4, -0.2) is 15.5 Å². The first-order valence-electron chi connectivity index (χ1n) is 9.36.